The molecule has 0 bridgehead atoms. The number of rotatable bonds is 6. The maximum absolute atomic E-state index is 14.3. The van der Waals surface area contributed by atoms with Gasteiger partial charge in [-0.1, -0.05) is 36.4 Å². The third-order valence-corrected chi connectivity index (χ3v) is 5.89. The van der Waals surface area contributed by atoms with E-state index in [9.17, 15) is 13.6 Å². The predicted molar refractivity (Wildman–Crippen MR) is 104 cm³/mol. The molecule has 148 valence electrons. The average molecular weight is 384 g/mol. The Hall–Kier alpha value is -2.27. The molecule has 2 atom stereocenters. The van der Waals surface area contributed by atoms with Crippen molar-refractivity contribution < 1.29 is 13.6 Å². The van der Waals surface area contributed by atoms with E-state index in [1.165, 1.54) is 30.5 Å². The molecule has 2 aromatic carbocycles. The van der Waals surface area contributed by atoms with Crippen LogP contribution in [-0.4, -0.2) is 23.9 Å². The van der Waals surface area contributed by atoms with Gasteiger partial charge < -0.3 is 5.32 Å². The van der Waals surface area contributed by atoms with E-state index in [0.29, 0.717) is 24.6 Å². The Balaban J connectivity index is 1.51. The average Bonchev–Trinajstić information content (AvgIpc) is 3.53. The number of likely N-dealkylation sites (tertiary alicyclic amines) is 1. The number of amides is 1. The first-order valence-electron chi connectivity index (χ1n) is 10.1. The maximum atomic E-state index is 14.3. The fourth-order valence-corrected chi connectivity index (χ4v) is 4.06. The van der Waals surface area contributed by atoms with Crippen molar-refractivity contribution >= 4 is 5.91 Å². The third kappa shape index (κ3) is 4.58. The fourth-order valence-electron chi connectivity index (χ4n) is 4.06. The van der Waals surface area contributed by atoms with Gasteiger partial charge in [-0.25, -0.2) is 8.78 Å². The van der Waals surface area contributed by atoms with Crippen LogP contribution in [0.5, 0.6) is 0 Å². The van der Waals surface area contributed by atoms with E-state index in [4.69, 9.17) is 0 Å². The zero-order valence-corrected chi connectivity index (χ0v) is 15.9. The lowest BCUT2D eigenvalue weighted by atomic mass is 9.88. The molecule has 1 saturated carbocycles. The van der Waals surface area contributed by atoms with Gasteiger partial charge in [-0.15, -0.1) is 0 Å². The SMILES string of the molecule is O=C(NCC1CC1)C1CCC(c2ccccc2)N(Cc2ccc(F)cc2F)C1. The summed E-state index contributed by atoms with van der Waals surface area (Å²) in [5.74, 6) is -0.455. The molecule has 1 aliphatic carbocycles. The smallest absolute Gasteiger partial charge is 0.224 e. The van der Waals surface area contributed by atoms with Crippen LogP contribution in [0.25, 0.3) is 0 Å². The molecule has 0 spiro atoms. The highest BCUT2D eigenvalue weighted by atomic mass is 19.1. The molecular weight excluding hydrogens is 358 g/mol. The summed E-state index contributed by atoms with van der Waals surface area (Å²) in [6, 6.07) is 14.0. The normalized spacial score (nSPS) is 22.8. The molecule has 4 rings (SSSR count). The van der Waals surface area contributed by atoms with E-state index >= 15 is 0 Å². The molecule has 2 aromatic rings. The summed E-state index contributed by atoms with van der Waals surface area (Å²) in [5.41, 5.74) is 1.63. The second kappa shape index (κ2) is 8.39. The summed E-state index contributed by atoms with van der Waals surface area (Å²) in [4.78, 5) is 14.8. The molecule has 1 amide bonds. The van der Waals surface area contributed by atoms with E-state index in [1.54, 1.807) is 0 Å². The zero-order valence-electron chi connectivity index (χ0n) is 15.9. The van der Waals surface area contributed by atoms with Crippen LogP contribution < -0.4 is 5.32 Å². The van der Waals surface area contributed by atoms with Gasteiger partial charge >= 0.3 is 0 Å². The second-order valence-electron chi connectivity index (χ2n) is 8.05. The molecule has 1 N–H and O–H groups in total. The van der Waals surface area contributed by atoms with Crippen LogP contribution in [0.15, 0.2) is 48.5 Å². The van der Waals surface area contributed by atoms with Gasteiger partial charge in [0.25, 0.3) is 0 Å². The summed E-state index contributed by atoms with van der Waals surface area (Å²) in [6.45, 7) is 1.70. The monoisotopic (exact) mass is 384 g/mol. The number of hydrogen-bond donors (Lipinski definition) is 1. The first-order chi connectivity index (χ1) is 13.6. The quantitative estimate of drug-likeness (QED) is 0.798. The van der Waals surface area contributed by atoms with Crippen LogP contribution in [0.1, 0.15) is 42.9 Å². The standard InChI is InChI=1S/C23H26F2N2O/c24-20-10-8-18(21(25)12-20)14-27-15-19(23(28)26-13-16-6-7-16)9-11-22(27)17-4-2-1-3-5-17/h1-5,8,10,12,16,19,22H,6-7,9,11,13-15H2,(H,26,28). The van der Waals surface area contributed by atoms with Crippen LogP contribution in [0.2, 0.25) is 0 Å². The van der Waals surface area contributed by atoms with Gasteiger partial charge in [0.1, 0.15) is 11.6 Å². The van der Waals surface area contributed by atoms with Crippen LogP contribution >= 0.6 is 0 Å². The first-order valence-corrected chi connectivity index (χ1v) is 10.1. The topological polar surface area (TPSA) is 32.3 Å². The summed E-state index contributed by atoms with van der Waals surface area (Å²) < 4.78 is 27.5. The number of benzene rings is 2. The molecule has 2 aliphatic rings. The Bertz CT molecular complexity index is 823. The van der Waals surface area contributed by atoms with Gasteiger partial charge in [0.05, 0.1) is 5.92 Å². The molecule has 5 heteroatoms. The summed E-state index contributed by atoms with van der Waals surface area (Å²) in [7, 11) is 0. The summed E-state index contributed by atoms with van der Waals surface area (Å²) in [5, 5.41) is 3.08. The van der Waals surface area contributed by atoms with Gasteiger partial charge in [0.15, 0.2) is 0 Å². The molecule has 28 heavy (non-hydrogen) atoms. The molecule has 1 heterocycles. The molecule has 2 fully saturated rings. The Kier molecular flexibility index (Phi) is 5.72. The Labute approximate surface area is 164 Å². The fraction of sp³-hybridized carbons (Fsp3) is 0.435. The van der Waals surface area contributed by atoms with Crippen LogP contribution in [0.4, 0.5) is 8.78 Å². The van der Waals surface area contributed by atoms with Crippen molar-refractivity contribution in [1.29, 1.82) is 0 Å². The molecule has 2 unspecified atom stereocenters. The molecular formula is C23H26F2N2O. The van der Waals surface area contributed by atoms with Crippen molar-refractivity contribution in [3.63, 3.8) is 0 Å². The minimum atomic E-state index is -0.572. The van der Waals surface area contributed by atoms with E-state index in [1.807, 2.05) is 18.2 Å². The summed E-state index contributed by atoms with van der Waals surface area (Å²) in [6.07, 6.45) is 4.07. The van der Waals surface area contributed by atoms with Gasteiger partial charge in [-0.3, -0.25) is 9.69 Å². The summed E-state index contributed by atoms with van der Waals surface area (Å²) >= 11 is 0. The Morgan fingerprint density at radius 1 is 1.04 bits per heavy atom. The number of hydrogen-bond acceptors (Lipinski definition) is 2. The lowest BCUT2D eigenvalue weighted by molar-refractivity contribution is -0.127. The van der Waals surface area contributed by atoms with E-state index in [-0.39, 0.29) is 17.9 Å². The van der Waals surface area contributed by atoms with Crippen LogP contribution in [0, 0.1) is 23.5 Å². The number of piperidine rings is 1. The molecule has 0 radical (unpaired) electrons. The highest BCUT2D eigenvalue weighted by Gasteiger charge is 2.33. The largest absolute Gasteiger partial charge is 0.356 e. The molecule has 3 nitrogen and oxygen atoms in total. The van der Waals surface area contributed by atoms with Crippen LogP contribution in [0.3, 0.4) is 0 Å². The number of nitrogens with zero attached hydrogens (tertiary/aromatic N) is 1. The van der Waals surface area contributed by atoms with E-state index < -0.39 is 11.6 Å². The predicted octanol–water partition coefficient (Wildman–Crippen LogP) is 4.44. The minimum Gasteiger partial charge on any atom is -0.356 e. The zero-order chi connectivity index (χ0) is 19.5. The molecule has 1 saturated heterocycles. The van der Waals surface area contributed by atoms with Gasteiger partial charge in [0.2, 0.25) is 5.91 Å². The molecule has 1 aliphatic heterocycles. The van der Waals surface area contributed by atoms with Gasteiger partial charge in [-0.2, -0.15) is 0 Å². The van der Waals surface area contributed by atoms with Crippen molar-refractivity contribution in [2.45, 2.75) is 38.3 Å². The third-order valence-electron chi connectivity index (χ3n) is 5.89. The molecule has 0 aromatic heterocycles. The minimum absolute atomic E-state index is 0.0952. The van der Waals surface area contributed by atoms with Crippen molar-refractivity contribution in [2.24, 2.45) is 11.8 Å². The lowest BCUT2D eigenvalue weighted by Gasteiger charge is -2.39. The second-order valence-corrected chi connectivity index (χ2v) is 8.05. The maximum Gasteiger partial charge on any atom is 0.224 e. The van der Waals surface area contributed by atoms with Gasteiger partial charge in [0, 0.05) is 37.3 Å². The van der Waals surface area contributed by atoms with Gasteiger partial charge in [-0.05, 0) is 43.2 Å². The van der Waals surface area contributed by atoms with E-state index in [0.717, 1.165) is 25.5 Å². The lowest BCUT2D eigenvalue weighted by Crippen LogP contribution is -2.44. The first kappa shape index (κ1) is 19.1. The van der Waals surface area contributed by atoms with Crippen LogP contribution in [-0.2, 0) is 11.3 Å². The van der Waals surface area contributed by atoms with Crippen molar-refractivity contribution in [1.82, 2.24) is 10.2 Å². The Morgan fingerprint density at radius 3 is 2.54 bits per heavy atom. The van der Waals surface area contributed by atoms with Crippen molar-refractivity contribution in [3.05, 3.63) is 71.3 Å². The highest BCUT2D eigenvalue weighted by Crippen LogP contribution is 2.35. The van der Waals surface area contributed by atoms with Crippen molar-refractivity contribution in [2.75, 3.05) is 13.1 Å². The van der Waals surface area contributed by atoms with E-state index in [2.05, 4.69) is 22.3 Å². The Morgan fingerprint density at radius 2 is 1.82 bits per heavy atom. The highest BCUT2D eigenvalue weighted by molar-refractivity contribution is 5.79. The number of carbonyl (C=O) groups is 1. The number of carbonyl (C=O) groups excluding carboxylic acids is 1. The number of halogens is 2. The van der Waals surface area contributed by atoms with Crippen molar-refractivity contribution in [3.8, 4) is 0 Å². The number of nitrogens with one attached hydrogen (secondary N) is 1.